The highest BCUT2D eigenvalue weighted by Crippen LogP contribution is 2.32. The van der Waals surface area contributed by atoms with E-state index in [1.165, 1.54) is 0 Å². The van der Waals surface area contributed by atoms with Crippen LogP contribution in [0.15, 0.2) is 0 Å². The molecule has 0 aromatic heterocycles. The lowest BCUT2D eigenvalue weighted by molar-refractivity contribution is -0.281. The lowest BCUT2D eigenvalue weighted by Gasteiger charge is -2.42. The van der Waals surface area contributed by atoms with Gasteiger partial charge in [0.1, 0.15) is 0 Å². The zero-order chi connectivity index (χ0) is 26.9. The molecule has 0 aromatic carbocycles. The molecule has 0 saturated carbocycles. The van der Waals surface area contributed by atoms with Crippen LogP contribution in [-0.4, -0.2) is 55.1 Å². The predicted octanol–water partition coefficient (Wildman–Crippen LogP) is 3.81. The summed E-state index contributed by atoms with van der Waals surface area (Å²) in [5.74, 6) is -2.38. The molecule has 1 aliphatic rings. The largest absolute Gasteiger partial charge is 0.455 e. The van der Waals surface area contributed by atoms with Gasteiger partial charge in [0.25, 0.3) is 0 Å². The summed E-state index contributed by atoms with van der Waals surface area (Å²) in [5, 5.41) is 0. The zero-order valence-corrected chi connectivity index (χ0v) is 22.7. The van der Waals surface area contributed by atoms with E-state index in [1.54, 1.807) is 83.1 Å². The third-order valence-corrected chi connectivity index (χ3v) is 4.80. The maximum absolute atomic E-state index is 12.8. The maximum atomic E-state index is 12.8. The quantitative estimate of drug-likeness (QED) is 0.432. The van der Waals surface area contributed by atoms with Gasteiger partial charge in [-0.25, -0.2) is 0 Å². The fourth-order valence-corrected chi connectivity index (χ4v) is 2.41. The van der Waals surface area contributed by atoms with Gasteiger partial charge in [0, 0.05) is 0 Å². The van der Waals surface area contributed by atoms with Gasteiger partial charge in [0.15, 0.2) is 12.2 Å². The van der Waals surface area contributed by atoms with Crippen LogP contribution in [0.3, 0.4) is 0 Å². The normalized spacial score (nSPS) is 24.1. The molecule has 0 bridgehead atoms. The Morgan fingerprint density at radius 1 is 0.529 bits per heavy atom. The minimum atomic E-state index is -1.36. The van der Waals surface area contributed by atoms with Crippen LogP contribution in [0.1, 0.15) is 83.1 Å². The van der Waals surface area contributed by atoms with Crippen molar-refractivity contribution in [3.8, 4) is 0 Å². The van der Waals surface area contributed by atoms with Crippen molar-refractivity contribution in [1.29, 1.82) is 0 Å². The van der Waals surface area contributed by atoms with Crippen LogP contribution >= 0.6 is 0 Å². The third-order valence-electron chi connectivity index (χ3n) is 4.80. The number of hydrogen-bond donors (Lipinski definition) is 0. The van der Waals surface area contributed by atoms with E-state index < -0.39 is 70.1 Å². The molecule has 1 aliphatic heterocycles. The molecule has 34 heavy (non-hydrogen) atoms. The molecule has 1 heterocycles. The first kappa shape index (κ1) is 29.9. The van der Waals surface area contributed by atoms with Gasteiger partial charge in [0.2, 0.25) is 12.4 Å². The Hall–Kier alpha value is -2.16. The van der Waals surface area contributed by atoms with E-state index >= 15 is 0 Å². The number of hydrogen-bond acceptors (Lipinski definition) is 9. The van der Waals surface area contributed by atoms with E-state index in [9.17, 15) is 19.2 Å². The lowest BCUT2D eigenvalue weighted by Crippen LogP contribution is -2.60. The molecule has 1 saturated heterocycles. The Morgan fingerprint density at radius 3 is 1.24 bits per heavy atom. The molecule has 0 radical (unpaired) electrons. The van der Waals surface area contributed by atoms with Gasteiger partial charge >= 0.3 is 23.9 Å². The average molecular weight is 487 g/mol. The second-order valence-electron chi connectivity index (χ2n) is 12.8. The molecule has 0 aromatic rings. The van der Waals surface area contributed by atoms with E-state index in [1.807, 2.05) is 0 Å². The summed E-state index contributed by atoms with van der Waals surface area (Å²) in [6.45, 7) is 19.8. The van der Waals surface area contributed by atoms with Crippen molar-refractivity contribution < 1.29 is 42.9 Å². The summed E-state index contributed by atoms with van der Waals surface area (Å²) >= 11 is 0. The van der Waals surface area contributed by atoms with E-state index in [4.69, 9.17) is 23.7 Å². The molecule has 1 fully saturated rings. The molecule has 4 atom stereocenters. The van der Waals surface area contributed by atoms with Crippen molar-refractivity contribution in [1.82, 2.24) is 0 Å². The molecule has 0 aliphatic carbocycles. The summed E-state index contributed by atoms with van der Waals surface area (Å²) in [7, 11) is 0. The maximum Gasteiger partial charge on any atom is 0.313 e. The number of carbonyl (C=O) groups is 4. The lowest BCUT2D eigenvalue weighted by atomic mass is 9.94. The summed E-state index contributed by atoms with van der Waals surface area (Å²) in [6, 6.07) is 0. The smallest absolute Gasteiger partial charge is 0.313 e. The van der Waals surface area contributed by atoms with Gasteiger partial charge in [0.05, 0.1) is 28.3 Å². The van der Waals surface area contributed by atoms with E-state index in [0.717, 1.165) is 0 Å². The Morgan fingerprint density at radius 2 is 0.853 bits per heavy atom. The Bertz CT molecular complexity index is 706. The van der Waals surface area contributed by atoms with Crippen LogP contribution in [0.25, 0.3) is 0 Å². The number of esters is 4. The molecule has 0 N–H and O–H groups in total. The second kappa shape index (κ2) is 10.2. The van der Waals surface area contributed by atoms with Gasteiger partial charge in [-0.1, -0.05) is 0 Å². The Labute approximate surface area is 203 Å². The van der Waals surface area contributed by atoms with Gasteiger partial charge in [-0.15, -0.1) is 0 Å². The Balaban J connectivity index is 3.45. The number of rotatable bonds is 4. The van der Waals surface area contributed by atoms with Crippen molar-refractivity contribution in [3.05, 3.63) is 0 Å². The van der Waals surface area contributed by atoms with Crippen molar-refractivity contribution in [3.63, 3.8) is 0 Å². The highest BCUT2D eigenvalue weighted by atomic mass is 16.7. The zero-order valence-electron chi connectivity index (χ0n) is 22.7. The molecule has 196 valence electrons. The van der Waals surface area contributed by atoms with Gasteiger partial charge in [-0.05, 0) is 83.1 Å². The average Bonchev–Trinajstić information content (AvgIpc) is 2.62. The van der Waals surface area contributed by atoms with E-state index in [2.05, 4.69) is 0 Å². The first-order valence-corrected chi connectivity index (χ1v) is 11.5. The highest BCUT2D eigenvalue weighted by molar-refractivity contribution is 5.78. The number of carbonyl (C=O) groups excluding carboxylic acids is 4. The summed E-state index contributed by atoms with van der Waals surface area (Å²) < 4.78 is 28.3. The van der Waals surface area contributed by atoms with Crippen molar-refractivity contribution >= 4 is 23.9 Å². The van der Waals surface area contributed by atoms with Crippen LogP contribution in [0.2, 0.25) is 0 Å². The van der Waals surface area contributed by atoms with Crippen molar-refractivity contribution in [2.24, 2.45) is 21.7 Å². The molecular weight excluding hydrogens is 444 g/mol. The topological polar surface area (TPSA) is 114 Å². The minimum Gasteiger partial charge on any atom is -0.455 e. The molecule has 0 spiro atoms. The summed E-state index contributed by atoms with van der Waals surface area (Å²) in [6.07, 6.45) is -5.05. The molecule has 0 amide bonds. The van der Waals surface area contributed by atoms with Gasteiger partial charge < -0.3 is 23.7 Å². The molecule has 9 nitrogen and oxygen atoms in total. The van der Waals surface area contributed by atoms with Crippen LogP contribution in [0.5, 0.6) is 0 Å². The molecule has 1 rings (SSSR count). The Kier molecular flexibility index (Phi) is 8.98. The molecule has 0 unspecified atom stereocenters. The van der Waals surface area contributed by atoms with Crippen LogP contribution in [-0.2, 0) is 42.9 Å². The van der Waals surface area contributed by atoms with Gasteiger partial charge in [-0.3, -0.25) is 19.2 Å². The first-order chi connectivity index (χ1) is 15.0. The molecular formula is C25H42O9. The molecule has 9 heteroatoms. The van der Waals surface area contributed by atoms with E-state index in [0.29, 0.717) is 0 Å². The van der Waals surface area contributed by atoms with Crippen molar-refractivity contribution in [2.45, 2.75) is 108 Å². The minimum absolute atomic E-state index is 0.227. The van der Waals surface area contributed by atoms with Crippen LogP contribution in [0, 0.1) is 21.7 Å². The van der Waals surface area contributed by atoms with Crippen LogP contribution in [0.4, 0.5) is 0 Å². The summed E-state index contributed by atoms with van der Waals surface area (Å²) in [5.41, 5.74) is -3.51. The predicted molar refractivity (Wildman–Crippen MR) is 123 cm³/mol. The first-order valence-electron chi connectivity index (χ1n) is 11.5. The fourth-order valence-electron chi connectivity index (χ4n) is 2.41. The van der Waals surface area contributed by atoms with E-state index in [-0.39, 0.29) is 6.61 Å². The fraction of sp³-hybridized carbons (Fsp3) is 0.840. The number of ether oxygens (including phenoxy) is 5. The second-order valence-corrected chi connectivity index (χ2v) is 12.8. The third kappa shape index (κ3) is 8.25. The SMILES string of the molecule is CC(C)(C)C(=O)O[C@@H]1OC[C@H](OC(=O)C(C)(C)C)[C@H](OC(=O)C(C)(C)C)[C@H]1OC(=O)C(C)(C)C. The van der Waals surface area contributed by atoms with Gasteiger partial charge in [-0.2, -0.15) is 0 Å². The highest BCUT2D eigenvalue weighted by Gasteiger charge is 2.52. The monoisotopic (exact) mass is 486 g/mol. The van der Waals surface area contributed by atoms with Crippen molar-refractivity contribution in [2.75, 3.05) is 6.61 Å². The summed E-state index contributed by atoms with van der Waals surface area (Å²) in [4.78, 5) is 50.9. The standard InChI is InChI=1S/C25H42O9/c1-22(2,3)18(26)31-14-13-30-17(34-21(29)25(10,11)12)16(33-20(28)24(7,8)9)15(14)32-19(27)23(4,5)6/h14-17H,13H2,1-12H3/t14-,15-,16+,17-/m0/s1. The van der Waals surface area contributed by atoms with Crippen LogP contribution < -0.4 is 0 Å².